The van der Waals surface area contributed by atoms with E-state index in [9.17, 15) is 4.79 Å². The lowest BCUT2D eigenvalue weighted by Gasteiger charge is -2.21. The van der Waals surface area contributed by atoms with E-state index in [1.807, 2.05) is 25.1 Å². The highest BCUT2D eigenvalue weighted by Crippen LogP contribution is 2.23. The van der Waals surface area contributed by atoms with Crippen LogP contribution in [0.5, 0.6) is 0 Å². The fourth-order valence-corrected chi connectivity index (χ4v) is 3.15. The highest BCUT2D eigenvalue weighted by molar-refractivity contribution is 5.74. The van der Waals surface area contributed by atoms with Crippen molar-refractivity contribution in [3.8, 4) is 0 Å². The van der Waals surface area contributed by atoms with Crippen molar-refractivity contribution in [2.45, 2.75) is 32.2 Å². The van der Waals surface area contributed by atoms with Gasteiger partial charge in [0.25, 0.3) is 0 Å². The zero-order valence-electron chi connectivity index (χ0n) is 14.7. The second kappa shape index (κ2) is 8.51. The molecule has 0 bridgehead atoms. The van der Waals surface area contributed by atoms with Gasteiger partial charge in [0.2, 0.25) is 0 Å². The van der Waals surface area contributed by atoms with Crippen LogP contribution in [0, 0.1) is 0 Å². The van der Waals surface area contributed by atoms with Crippen LogP contribution < -0.4 is 15.5 Å². The van der Waals surface area contributed by atoms with Gasteiger partial charge in [-0.15, -0.1) is 0 Å². The summed E-state index contributed by atoms with van der Waals surface area (Å²) in [6.45, 7) is 4.84. The first-order valence-electron chi connectivity index (χ1n) is 9.01. The molecule has 1 fully saturated rings. The van der Waals surface area contributed by atoms with Gasteiger partial charge in [-0.3, -0.25) is 4.98 Å². The third-order valence-corrected chi connectivity index (χ3v) is 4.58. The molecular formula is C20H26N4O. The van der Waals surface area contributed by atoms with Crippen molar-refractivity contribution in [1.29, 1.82) is 0 Å². The zero-order chi connectivity index (χ0) is 17.5. The summed E-state index contributed by atoms with van der Waals surface area (Å²) in [6, 6.07) is 14.1. The maximum absolute atomic E-state index is 12.1. The number of rotatable bonds is 6. The third kappa shape index (κ3) is 4.95. The largest absolute Gasteiger partial charge is 0.372 e. The lowest BCUT2D eigenvalue weighted by atomic mass is 10.1. The predicted octanol–water partition coefficient (Wildman–Crippen LogP) is 3.28. The minimum Gasteiger partial charge on any atom is -0.372 e. The second-order valence-electron chi connectivity index (χ2n) is 6.48. The fourth-order valence-electron chi connectivity index (χ4n) is 3.15. The van der Waals surface area contributed by atoms with Crippen LogP contribution in [-0.2, 0) is 6.42 Å². The number of pyridine rings is 1. The highest BCUT2D eigenvalue weighted by Gasteiger charge is 2.14. The molecule has 5 heteroatoms. The minimum atomic E-state index is -0.144. The Morgan fingerprint density at radius 1 is 1.20 bits per heavy atom. The second-order valence-corrected chi connectivity index (χ2v) is 6.48. The highest BCUT2D eigenvalue weighted by atomic mass is 16.2. The van der Waals surface area contributed by atoms with Crippen molar-refractivity contribution in [2.75, 3.05) is 24.5 Å². The van der Waals surface area contributed by atoms with Crippen molar-refractivity contribution >= 4 is 11.7 Å². The first-order valence-corrected chi connectivity index (χ1v) is 9.01. The summed E-state index contributed by atoms with van der Waals surface area (Å²) in [5.41, 5.74) is 3.36. The number of amides is 2. The van der Waals surface area contributed by atoms with Crippen molar-refractivity contribution in [1.82, 2.24) is 15.6 Å². The molecule has 0 unspecified atom stereocenters. The number of anilines is 1. The molecule has 1 aliphatic rings. The van der Waals surface area contributed by atoms with Gasteiger partial charge in [-0.2, -0.15) is 0 Å². The van der Waals surface area contributed by atoms with E-state index in [0.717, 1.165) is 30.8 Å². The molecule has 1 aromatic heterocycles. The van der Waals surface area contributed by atoms with Crippen molar-refractivity contribution in [3.63, 3.8) is 0 Å². The minimum absolute atomic E-state index is 0.0302. The summed E-state index contributed by atoms with van der Waals surface area (Å²) < 4.78 is 0. The van der Waals surface area contributed by atoms with E-state index in [4.69, 9.17) is 0 Å². The molecule has 2 heterocycles. The Kier molecular flexibility index (Phi) is 5.88. The Balaban J connectivity index is 1.48. The average Bonchev–Trinajstić information content (AvgIpc) is 3.17. The quantitative estimate of drug-likeness (QED) is 0.850. The lowest BCUT2D eigenvalue weighted by molar-refractivity contribution is 0.238. The van der Waals surface area contributed by atoms with Crippen molar-refractivity contribution < 1.29 is 4.79 Å². The van der Waals surface area contributed by atoms with E-state index in [2.05, 4.69) is 44.8 Å². The predicted molar refractivity (Wildman–Crippen MR) is 101 cm³/mol. The molecule has 1 aromatic carbocycles. The molecule has 2 N–H and O–H groups in total. The van der Waals surface area contributed by atoms with Crippen molar-refractivity contribution in [2.24, 2.45) is 0 Å². The molecule has 2 aromatic rings. The van der Waals surface area contributed by atoms with Gasteiger partial charge in [0.05, 0.1) is 6.04 Å². The first kappa shape index (κ1) is 17.3. The van der Waals surface area contributed by atoms with E-state index in [-0.39, 0.29) is 12.1 Å². The fraction of sp³-hybridized carbons (Fsp3) is 0.400. The van der Waals surface area contributed by atoms with Crippen LogP contribution in [0.3, 0.4) is 0 Å². The molecule has 0 radical (unpaired) electrons. The van der Waals surface area contributed by atoms with E-state index >= 15 is 0 Å². The number of urea groups is 1. The topological polar surface area (TPSA) is 57.3 Å². The SMILES string of the molecule is C[C@@H](NC(=O)NCCc1ccccn1)c1cccc(N2CCCC2)c1. The molecule has 25 heavy (non-hydrogen) atoms. The summed E-state index contributed by atoms with van der Waals surface area (Å²) in [5, 5.41) is 5.91. The van der Waals surface area contributed by atoms with E-state index < -0.39 is 0 Å². The number of aromatic nitrogens is 1. The summed E-state index contributed by atoms with van der Waals surface area (Å²) in [7, 11) is 0. The van der Waals surface area contributed by atoms with Crippen LogP contribution in [0.25, 0.3) is 0 Å². The summed E-state index contributed by atoms with van der Waals surface area (Å²) in [4.78, 5) is 18.8. The molecule has 0 saturated carbocycles. The van der Waals surface area contributed by atoms with Crippen LogP contribution >= 0.6 is 0 Å². The number of hydrogen-bond acceptors (Lipinski definition) is 3. The first-order chi connectivity index (χ1) is 12.2. The lowest BCUT2D eigenvalue weighted by Crippen LogP contribution is -2.38. The normalized spacial score (nSPS) is 15.0. The molecule has 1 aliphatic heterocycles. The smallest absolute Gasteiger partial charge is 0.315 e. The number of carbonyl (C=O) groups excluding carboxylic acids is 1. The Morgan fingerprint density at radius 2 is 2.04 bits per heavy atom. The summed E-state index contributed by atoms with van der Waals surface area (Å²) >= 11 is 0. The van der Waals surface area contributed by atoms with Gasteiger partial charge in [0.1, 0.15) is 0 Å². The van der Waals surface area contributed by atoms with Gasteiger partial charge in [-0.25, -0.2) is 4.79 Å². The molecule has 2 amide bonds. The summed E-state index contributed by atoms with van der Waals surface area (Å²) in [5.74, 6) is 0. The molecule has 3 rings (SSSR count). The standard InChI is InChI=1S/C20H26N4O/c1-16(17-7-6-9-19(15-17)24-13-4-5-14-24)23-20(25)22-12-10-18-8-2-3-11-21-18/h2-3,6-9,11,15-16H,4-5,10,12-14H2,1H3,(H2,22,23,25)/t16-/m1/s1. The van der Waals surface area contributed by atoms with Gasteiger partial charge in [-0.1, -0.05) is 18.2 Å². The zero-order valence-corrected chi connectivity index (χ0v) is 14.7. The van der Waals surface area contributed by atoms with Gasteiger partial charge < -0.3 is 15.5 Å². The third-order valence-electron chi connectivity index (χ3n) is 4.58. The average molecular weight is 338 g/mol. The number of nitrogens with one attached hydrogen (secondary N) is 2. The van der Waals surface area contributed by atoms with Crippen LogP contribution in [-0.4, -0.2) is 30.6 Å². The van der Waals surface area contributed by atoms with E-state index in [1.54, 1.807) is 6.20 Å². The molecule has 1 saturated heterocycles. The van der Waals surface area contributed by atoms with Crippen LogP contribution in [0.15, 0.2) is 48.7 Å². The Morgan fingerprint density at radius 3 is 2.80 bits per heavy atom. The van der Waals surface area contributed by atoms with E-state index in [1.165, 1.54) is 18.5 Å². The Hall–Kier alpha value is -2.56. The Labute approximate surface area is 149 Å². The summed E-state index contributed by atoms with van der Waals surface area (Å²) in [6.07, 6.45) is 5.02. The van der Waals surface area contributed by atoms with Gasteiger partial charge >= 0.3 is 6.03 Å². The molecule has 0 spiro atoms. The number of nitrogens with zero attached hydrogens (tertiary/aromatic N) is 2. The number of benzene rings is 1. The van der Waals surface area contributed by atoms with Crippen LogP contribution in [0.2, 0.25) is 0 Å². The molecule has 0 aliphatic carbocycles. The molecular weight excluding hydrogens is 312 g/mol. The van der Waals surface area contributed by atoms with E-state index in [0.29, 0.717) is 6.54 Å². The maximum atomic E-state index is 12.1. The monoisotopic (exact) mass is 338 g/mol. The Bertz CT molecular complexity index is 683. The number of carbonyl (C=O) groups is 1. The maximum Gasteiger partial charge on any atom is 0.315 e. The number of hydrogen-bond donors (Lipinski definition) is 2. The van der Waals surface area contributed by atoms with Gasteiger partial charge in [-0.05, 0) is 49.6 Å². The van der Waals surface area contributed by atoms with Crippen LogP contribution in [0.4, 0.5) is 10.5 Å². The van der Waals surface area contributed by atoms with Gasteiger partial charge in [0.15, 0.2) is 0 Å². The van der Waals surface area contributed by atoms with Gasteiger partial charge in [0, 0.05) is 43.6 Å². The molecule has 132 valence electrons. The van der Waals surface area contributed by atoms with Crippen LogP contribution in [0.1, 0.15) is 37.1 Å². The molecule has 1 atom stereocenters. The molecule has 5 nitrogen and oxygen atoms in total. The van der Waals surface area contributed by atoms with Crippen molar-refractivity contribution in [3.05, 3.63) is 59.9 Å².